The van der Waals surface area contributed by atoms with Gasteiger partial charge in [-0.1, -0.05) is 0 Å². The Morgan fingerprint density at radius 1 is 0.786 bits per heavy atom. The second-order valence-corrected chi connectivity index (χ2v) is 4.15. The molecular weight excluding hydrogens is 260 g/mol. The summed E-state index contributed by atoms with van der Waals surface area (Å²) in [6.45, 7) is 0. The van der Waals surface area contributed by atoms with Crippen LogP contribution in [-0.2, 0) is 17.5 Å². The molecule has 0 aliphatic heterocycles. The van der Waals surface area contributed by atoms with Crippen molar-refractivity contribution in [2.45, 2.75) is 5.52 Å². The molecule has 0 fully saturated rings. The molecule has 14 heavy (non-hydrogen) atoms. The molecule has 1 rings (SSSR count). The van der Waals surface area contributed by atoms with Crippen molar-refractivity contribution in [2.75, 3.05) is 0 Å². The minimum absolute atomic E-state index is 1.16. The molecule has 0 N–H and O–H groups in total. The average Bonchev–Trinajstić information content (AvgIpc) is 2.19. The van der Waals surface area contributed by atoms with E-state index in [0.29, 0.717) is 0 Å². The van der Waals surface area contributed by atoms with Gasteiger partial charge in [-0.3, -0.25) is 0 Å². The summed E-state index contributed by atoms with van der Waals surface area (Å²) in [7, 11) is 0. The van der Waals surface area contributed by atoms with Gasteiger partial charge in [-0.25, -0.2) is 0 Å². The van der Waals surface area contributed by atoms with Crippen LogP contribution in [-0.4, -0.2) is 0 Å². The predicted molar refractivity (Wildman–Crippen MR) is 32.7 cm³/mol. The monoisotopic (exact) mass is 262 g/mol. The first-order valence-corrected chi connectivity index (χ1v) is 7.82. The third kappa shape index (κ3) is 1.73. The van der Waals surface area contributed by atoms with Gasteiger partial charge in [0.1, 0.15) is 0 Å². The van der Waals surface area contributed by atoms with Crippen molar-refractivity contribution in [1.82, 2.24) is 0 Å². The van der Waals surface area contributed by atoms with Crippen LogP contribution in [0.2, 0.25) is 5.52 Å². The first-order chi connectivity index (χ1) is 6.50. The van der Waals surface area contributed by atoms with E-state index < -0.39 is 52.3 Å². The second kappa shape index (κ2) is 4.21. The fourth-order valence-electron chi connectivity index (χ4n) is 0.856. The van der Waals surface area contributed by atoms with E-state index in [4.69, 9.17) is 0 Å². The van der Waals surface area contributed by atoms with Crippen molar-refractivity contribution >= 4 is 0 Å². The van der Waals surface area contributed by atoms with Crippen LogP contribution in [0.4, 0.5) is 22.0 Å². The molecular formula is C7H3F5OZn. The molecule has 0 radical (unpaired) electrons. The van der Waals surface area contributed by atoms with Gasteiger partial charge in [-0.05, 0) is 0 Å². The molecule has 0 bridgehead atoms. The average molecular weight is 263 g/mol. The quantitative estimate of drug-likeness (QED) is 0.345. The molecule has 0 heterocycles. The third-order valence-corrected chi connectivity index (χ3v) is 2.67. The van der Waals surface area contributed by atoms with Crippen molar-refractivity contribution in [3.8, 4) is 5.75 Å². The van der Waals surface area contributed by atoms with Gasteiger partial charge in [-0.2, -0.15) is 0 Å². The van der Waals surface area contributed by atoms with E-state index in [2.05, 4.69) is 3.56 Å². The Morgan fingerprint density at radius 2 is 1.14 bits per heavy atom. The van der Waals surface area contributed by atoms with Crippen molar-refractivity contribution in [3.63, 3.8) is 0 Å². The summed E-state index contributed by atoms with van der Waals surface area (Å²) in [5.74, 6) is -11.1. The van der Waals surface area contributed by atoms with E-state index in [9.17, 15) is 22.0 Å². The normalized spacial score (nSPS) is 9.86. The zero-order valence-electron chi connectivity index (χ0n) is 7.01. The van der Waals surface area contributed by atoms with Crippen LogP contribution in [0.25, 0.3) is 0 Å². The number of rotatable bonds is 2. The molecule has 1 aromatic rings. The van der Waals surface area contributed by atoms with Crippen LogP contribution < -0.4 is 3.56 Å². The molecule has 0 unspecified atom stereocenters. The fraction of sp³-hybridized carbons (Fsp3) is 0.143. The van der Waals surface area contributed by atoms with E-state index in [0.717, 1.165) is 0 Å². The molecule has 0 amide bonds. The summed E-state index contributed by atoms with van der Waals surface area (Å²) in [5.41, 5.74) is 1.55. The molecule has 0 aliphatic carbocycles. The number of halogens is 5. The van der Waals surface area contributed by atoms with Gasteiger partial charge < -0.3 is 0 Å². The van der Waals surface area contributed by atoms with Crippen LogP contribution in [0, 0.1) is 29.1 Å². The van der Waals surface area contributed by atoms with Crippen molar-refractivity contribution in [1.29, 1.82) is 0 Å². The van der Waals surface area contributed by atoms with Crippen molar-refractivity contribution in [2.24, 2.45) is 0 Å². The van der Waals surface area contributed by atoms with E-state index in [-0.39, 0.29) is 0 Å². The molecule has 0 aliphatic rings. The Kier molecular flexibility index (Phi) is 3.42. The van der Waals surface area contributed by atoms with Crippen LogP contribution in [0.3, 0.4) is 0 Å². The molecule has 74 valence electrons. The summed E-state index contributed by atoms with van der Waals surface area (Å²) in [4.78, 5) is 0. The summed E-state index contributed by atoms with van der Waals surface area (Å²) >= 11 is -1.70. The molecule has 1 nitrogen and oxygen atoms in total. The van der Waals surface area contributed by atoms with E-state index in [1.165, 1.54) is 0 Å². The van der Waals surface area contributed by atoms with Gasteiger partial charge >= 0.3 is 83.4 Å². The summed E-state index contributed by atoms with van der Waals surface area (Å²) < 4.78 is 67.5. The van der Waals surface area contributed by atoms with E-state index in [1.54, 1.807) is 5.52 Å². The topological polar surface area (TPSA) is 9.23 Å². The van der Waals surface area contributed by atoms with Crippen LogP contribution in [0.1, 0.15) is 0 Å². The van der Waals surface area contributed by atoms with Crippen LogP contribution >= 0.6 is 0 Å². The zero-order valence-corrected chi connectivity index (χ0v) is 9.97. The number of hydrogen-bond donors (Lipinski definition) is 0. The van der Waals surface area contributed by atoms with Gasteiger partial charge in [0.2, 0.25) is 0 Å². The molecule has 0 aromatic heterocycles. The third-order valence-electron chi connectivity index (χ3n) is 1.46. The molecule has 1 aromatic carbocycles. The maximum absolute atomic E-state index is 12.8. The Morgan fingerprint density at radius 3 is 1.50 bits per heavy atom. The first-order valence-electron chi connectivity index (χ1n) is 3.64. The van der Waals surface area contributed by atoms with Gasteiger partial charge in [0, 0.05) is 0 Å². The van der Waals surface area contributed by atoms with Crippen molar-refractivity contribution in [3.05, 3.63) is 29.1 Å². The molecule has 7 heteroatoms. The van der Waals surface area contributed by atoms with Crippen molar-refractivity contribution < 1.29 is 43.0 Å². The number of hydrogen-bond acceptors (Lipinski definition) is 1. The fourth-order valence-corrected chi connectivity index (χ4v) is 1.99. The summed E-state index contributed by atoms with van der Waals surface area (Å²) in [6, 6.07) is 0. The van der Waals surface area contributed by atoms with Gasteiger partial charge in [0.05, 0.1) is 0 Å². The SMILES string of the molecule is [CH3][Zn][O]c1c(F)c(F)c(F)c(F)c1F. The first kappa shape index (κ1) is 11.4. The predicted octanol–water partition coefficient (Wildman–Crippen LogP) is 2.81. The molecule has 0 saturated carbocycles. The summed E-state index contributed by atoms with van der Waals surface area (Å²) in [6.07, 6.45) is 0. The van der Waals surface area contributed by atoms with Crippen LogP contribution in [0.5, 0.6) is 5.75 Å². The Labute approximate surface area is 83.9 Å². The summed E-state index contributed by atoms with van der Waals surface area (Å²) in [5, 5.41) is 0. The minimum atomic E-state index is -2.17. The standard InChI is InChI=1S/C6HF5O.CH3.Zn/c7-1-2(8)4(10)6(12)5(11)3(1)9;;/h12H;1H3;/q;;+1/p-1. The van der Waals surface area contributed by atoms with Gasteiger partial charge in [0.15, 0.2) is 0 Å². The van der Waals surface area contributed by atoms with E-state index >= 15 is 0 Å². The Hall–Kier alpha value is -0.707. The molecule has 0 atom stereocenters. The molecule has 0 spiro atoms. The van der Waals surface area contributed by atoms with Gasteiger partial charge in [-0.15, -0.1) is 0 Å². The Bertz CT molecular complexity index is 339. The Balaban J connectivity index is 3.43. The second-order valence-electron chi connectivity index (χ2n) is 2.33. The number of benzene rings is 1. The van der Waals surface area contributed by atoms with E-state index in [1.807, 2.05) is 0 Å². The van der Waals surface area contributed by atoms with Gasteiger partial charge in [0.25, 0.3) is 0 Å². The van der Waals surface area contributed by atoms with Crippen LogP contribution in [0.15, 0.2) is 0 Å². The molecule has 0 saturated heterocycles. The zero-order chi connectivity index (χ0) is 10.9. The maximum atomic E-state index is 12.8.